The van der Waals surface area contributed by atoms with Crippen LogP contribution < -0.4 is 10.6 Å². The van der Waals surface area contributed by atoms with Crippen molar-refractivity contribution in [1.82, 2.24) is 20.1 Å². The zero-order valence-corrected chi connectivity index (χ0v) is 13.4. The molecule has 0 amide bonds. The number of halogens is 1. The summed E-state index contributed by atoms with van der Waals surface area (Å²) in [6.45, 7) is 5.50. The predicted octanol–water partition coefficient (Wildman–Crippen LogP) is 1.37. The van der Waals surface area contributed by atoms with Crippen molar-refractivity contribution >= 4 is 11.8 Å². The van der Waals surface area contributed by atoms with E-state index in [-0.39, 0.29) is 5.82 Å². The summed E-state index contributed by atoms with van der Waals surface area (Å²) in [7, 11) is 0. The molecule has 1 aliphatic rings. The highest BCUT2D eigenvalue weighted by Gasteiger charge is 2.09. The highest BCUT2D eigenvalue weighted by atomic mass is 19.1. The van der Waals surface area contributed by atoms with Crippen LogP contribution >= 0.6 is 0 Å². The Labute approximate surface area is 140 Å². The lowest BCUT2D eigenvalue weighted by atomic mass is 10.2. The van der Waals surface area contributed by atoms with Crippen molar-refractivity contribution in [2.45, 2.75) is 6.54 Å². The van der Waals surface area contributed by atoms with Gasteiger partial charge < -0.3 is 15.4 Å². The molecular weight excluding hydrogens is 311 g/mol. The van der Waals surface area contributed by atoms with Gasteiger partial charge in [0.1, 0.15) is 5.82 Å². The number of nitrogens with zero attached hydrogens (tertiary/aromatic N) is 4. The van der Waals surface area contributed by atoms with E-state index in [4.69, 9.17) is 4.74 Å². The summed E-state index contributed by atoms with van der Waals surface area (Å²) in [5.41, 5.74) is 0.562. The molecule has 0 saturated carbocycles. The molecule has 0 spiro atoms. The number of ether oxygens (including phenoxy) is 1. The van der Waals surface area contributed by atoms with Crippen LogP contribution in [0.1, 0.15) is 5.56 Å². The molecule has 1 aliphatic heterocycles. The smallest absolute Gasteiger partial charge is 0.244 e. The minimum Gasteiger partial charge on any atom is -0.379 e. The third-order valence-electron chi connectivity index (χ3n) is 3.79. The third kappa shape index (κ3) is 4.84. The summed E-state index contributed by atoms with van der Waals surface area (Å²) in [5, 5.41) is 14.1. The van der Waals surface area contributed by atoms with Gasteiger partial charge in [-0.15, -0.1) is 5.10 Å². The molecule has 1 aromatic carbocycles. The molecule has 0 bridgehead atoms. The number of aromatic nitrogens is 3. The van der Waals surface area contributed by atoms with Gasteiger partial charge in [0.15, 0.2) is 5.82 Å². The first-order valence-corrected chi connectivity index (χ1v) is 8.02. The Kier molecular flexibility index (Phi) is 5.86. The summed E-state index contributed by atoms with van der Waals surface area (Å²) in [5.74, 6) is 0.765. The van der Waals surface area contributed by atoms with Crippen molar-refractivity contribution in [3.63, 3.8) is 0 Å². The number of benzene rings is 1. The number of nitrogens with one attached hydrogen (secondary N) is 2. The van der Waals surface area contributed by atoms with Crippen molar-refractivity contribution in [1.29, 1.82) is 0 Å². The maximum absolute atomic E-state index is 13.6. The maximum Gasteiger partial charge on any atom is 0.244 e. The monoisotopic (exact) mass is 332 g/mol. The zero-order valence-electron chi connectivity index (χ0n) is 13.4. The van der Waals surface area contributed by atoms with Gasteiger partial charge in [0.2, 0.25) is 5.95 Å². The lowest BCUT2D eigenvalue weighted by Gasteiger charge is -2.26. The SMILES string of the molecule is Fc1ccccc1CNc1nncc(NCCN2CCOCC2)n1. The second-order valence-electron chi connectivity index (χ2n) is 5.49. The first-order chi connectivity index (χ1) is 11.8. The van der Waals surface area contributed by atoms with Gasteiger partial charge in [-0.2, -0.15) is 10.1 Å². The molecule has 2 aromatic rings. The molecular formula is C16H21FN6O. The molecule has 128 valence electrons. The highest BCUT2D eigenvalue weighted by molar-refractivity contribution is 5.37. The van der Waals surface area contributed by atoms with E-state index in [2.05, 4.69) is 30.7 Å². The van der Waals surface area contributed by atoms with Gasteiger partial charge in [0.05, 0.1) is 19.4 Å². The fraction of sp³-hybridized carbons (Fsp3) is 0.438. The quantitative estimate of drug-likeness (QED) is 0.793. The topological polar surface area (TPSA) is 75.2 Å². The number of hydrogen-bond donors (Lipinski definition) is 2. The Balaban J connectivity index is 1.47. The molecule has 0 unspecified atom stereocenters. The van der Waals surface area contributed by atoms with Crippen LogP contribution in [-0.2, 0) is 11.3 Å². The van der Waals surface area contributed by atoms with E-state index >= 15 is 0 Å². The van der Waals surface area contributed by atoms with Crippen LogP contribution in [-0.4, -0.2) is 59.5 Å². The van der Waals surface area contributed by atoms with Crippen LogP contribution in [0, 0.1) is 5.82 Å². The molecule has 7 nitrogen and oxygen atoms in total. The van der Waals surface area contributed by atoms with E-state index < -0.39 is 0 Å². The lowest BCUT2D eigenvalue weighted by molar-refractivity contribution is 0.0398. The predicted molar refractivity (Wildman–Crippen MR) is 89.3 cm³/mol. The van der Waals surface area contributed by atoms with Crippen molar-refractivity contribution in [2.75, 3.05) is 50.0 Å². The van der Waals surface area contributed by atoms with E-state index in [1.165, 1.54) is 6.07 Å². The fourth-order valence-corrected chi connectivity index (χ4v) is 2.45. The van der Waals surface area contributed by atoms with Crippen molar-refractivity contribution in [3.05, 3.63) is 41.8 Å². The van der Waals surface area contributed by atoms with E-state index in [0.29, 0.717) is 23.9 Å². The van der Waals surface area contributed by atoms with Crippen LogP contribution in [0.5, 0.6) is 0 Å². The second-order valence-corrected chi connectivity index (χ2v) is 5.49. The standard InChI is InChI=1S/C16H21FN6O/c17-14-4-2-1-3-13(14)11-19-16-21-15(12-20-22-16)18-5-6-23-7-9-24-10-8-23/h1-4,12H,5-11H2,(H2,18,19,21,22). The van der Waals surface area contributed by atoms with Gasteiger partial charge in [0.25, 0.3) is 0 Å². The molecule has 0 atom stereocenters. The minimum atomic E-state index is -0.252. The maximum atomic E-state index is 13.6. The highest BCUT2D eigenvalue weighted by Crippen LogP contribution is 2.09. The average molecular weight is 332 g/mol. The lowest BCUT2D eigenvalue weighted by Crippen LogP contribution is -2.39. The van der Waals surface area contributed by atoms with E-state index in [1.54, 1.807) is 24.4 Å². The molecule has 1 aromatic heterocycles. The Morgan fingerprint density at radius 1 is 1.17 bits per heavy atom. The largest absolute Gasteiger partial charge is 0.379 e. The molecule has 0 radical (unpaired) electrons. The normalized spacial score (nSPS) is 15.2. The zero-order chi connectivity index (χ0) is 16.6. The Hall–Kier alpha value is -2.32. The summed E-state index contributed by atoms with van der Waals surface area (Å²) >= 11 is 0. The first-order valence-electron chi connectivity index (χ1n) is 8.02. The number of morpholine rings is 1. The summed E-state index contributed by atoms with van der Waals surface area (Å²) < 4.78 is 18.9. The molecule has 3 rings (SSSR count). The van der Waals surface area contributed by atoms with Gasteiger partial charge in [-0.3, -0.25) is 4.90 Å². The number of anilines is 2. The van der Waals surface area contributed by atoms with Gasteiger partial charge in [0, 0.05) is 38.3 Å². The van der Waals surface area contributed by atoms with Crippen molar-refractivity contribution < 1.29 is 9.13 Å². The van der Waals surface area contributed by atoms with Gasteiger partial charge in [-0.25, -0.2) is 4.39 Å². The molecule has 1 fully saturated rings. The van der Waals surface area contributed by atoms with Crippen molar-refractivity contribution in [3.8, 4) is 0 Å². The van der Waals surface area contributed by atoms with Crippen LogP contribution in [0.3, 0.4) is 0 Å². The number of hydrogen-bond acceptors (Lipinski definition) is 7. The first kappa shape index (κ1) is 16.5. The molecule has 24 heavy (non-hydrogen) atoms. The number of rotatable bonds is 7. The Morgan fingerprint density at radius 3 is 2.83 bits per heavy atom. The van der Waals surface area contributed by atoms with Crippen LogP contribution in [0.4, 0.5) is 16.2 Å². The Morgan fingerprint density at radius 2 is 2.00 bits per heavy atom. The molecule has 2 N–H and O–H groups in total. The summed E-state index contributed by atoms with van der Waals surface area (Å²) in [4.78, 5) is 6.67. The fourth-order valence-electron chi connectivity index (χ4n) is 2.45. The third-order valence-corrected chi connectivity index (χ3v) is 3.79. The summed E-state index contributed by atoms with van der Waals surface area (Å²) in [6, 6.07) is 6.61. The Bertz CT molecular complexity index is 650. The molecule has 8 heteroatoms. The van der Waals surface area contributed by atoms with E-state index in [9.17, 15) is 4.39 Å². The van der Waals surface area contributed by atoms with Crippen LogP contribution in [0.15, 0.2) is 30.5 Å². The molecule has 2 heterocycles. The van der Waals surface area contributed by atoms with Crippen LogP contribution in [0.2, 0.25) is 0 Å². The molecule has 1 saturated heterocycles. The van der Waals surface area contributed by atoms with Gasteiger partial charge >= 0.3 is 0 Å². The minimum absolute atomic E-state index is 0.252. The van der Waals surface area contributed by atoms with E-state index in [1.807, 2.05) is 0 Å². The second kappa shape index (κ2) is 8.51. The summed E-state index contributed by atoms with van der Waals surface area (Å²) in [6.07, 6.45) is 1.58. The van der Waals surface area contributed by atoms with Gasteiger partial charge in [-0.1, -0.05) is 18.2 Å². The average Bonchev–Trinajstić information content (AvgIpc) is 2.62. The van der Waals surface area contributed by atoms with Crippen LogP contribution in [0.25, 0.3) is 0 Å². The molecule has 0 aliphatic carbocycles. The van der Waals surface area contributed by atoms with E-state index in [0.717, 1.165) is 39.4 Å². The van der Waals surface area contributed by atoms with Crippen molar-refractivity contribution in [2.24, 2.45) is 0 Å². The van der Waals surface area contributed by atoms with Gasteiger partial charge in [-0.05, 0) is 6.07 Å².